The molecule has 2 rings (SSSR count). The van der Waals surface area contributed by atoms with Crippen LogP contribution in [0, 0.1) is 6.92 Å². The molecular weight excluding hydrogens is 218 g/mol. The first kappa shape index (κ1) is 12.8. The highest BCUT2D eigenvalue weighted by Gasteiger charge is 2.20. The first-order valence-electron chi connectivity index (χ1n) is 6.58. The van der Waals surface area contributed by atoms with E-state index in [-0.39, 0.29) is 5.41 Å². The Balaban J connectivity index is 2.43. The van der Waals surface area contributed by atoms with Crippen LogP contribution in [-0.4, -0.2) is 4.98 Å². The number of benzene rings is 1. The van der Waals surface area contributed by atoms with Crippen molar-refractivity contribution in [3.8, 4) is 11.3 Å². The Hall–Kier alpha value is -1.63. The van der Waals surface area contributed by atoms with Gasteiger partial charge in [0.25, 0.3) is 0 Å². The van der Waals surface area contributed by atoms with Crippen LogP contribution in [0.1, 0.15) is 38.4 Å². The summed E-state index contributed by atoms with van der Waals surface area (Å²) in [5, 5.41) is 0. The van der Waals surface area contributed by atoms with Gasteiger partial charge in [-0.3, -0.25) is 4.98 Å². The minimum absolute atomic E-state index is 0.201. The third-order valence-electron chi connectivity index (χ3n) is 3.77. The Bertz CT molecular complexity index is 527. The molecule has 2 aromatic rings. The van der Waals surface area contributed by atoms with E-state index in [1.165, 1.54) is 11.1 Å². The SMILES string of the molecule is CCC(C)(C)c1ccc(-c2ccccc2)nc1C. The fourth-order valence-corrected chi connectivity index (χ4v) is 2.24. The lowest BCUT2D eigenvalue weighted by Gasteiger charge is -2.25. The molecule has 0 amide bonds. The van der Waals surface area contributed by atoms with Gasteiger partial charge in [0.2, 0.25) is 0 Å². The largest absolute Gasteiger partial charge is 0.253 e. The van der Waals surface area contributed by atoms with Crippen molar-refractivity contribution in [1.82, 2.24) is 4.98 Å². The van der Waals surface area contributed by atoms with E-state index in [1.807, 2.05) is 6.07 Å². The molecule has 0 unspecified atom stereocenters. The summed E-state index contributed by atoms with van der Waals surface area (Å²) in [7, 11) is 0. The van der Waals surface area contributed by atoms with Crippen molar-refractivity contribution < 1.29 is 0 Å². The maximum absolute atomic E-state index is 4.76. The number of rotatable bonds is 3. The van der Waals surface area contributed by atoms with E-state index in [9.17, 15) is 0 Å². The number of hydrogen-bond donors (Lipinski definition) is 0. The van der Waals surface area contributed by atoms with Gasteiger partial charge >= 0.3 is 0 Å². The minimum Gasteiger partial charge on any atom is -0.253 e. The van der Waals surface area contributed by atoms with Crippen LogP contribution in [0.3, 0.4) is 0 Å². The minimum atomic E-state index is 0.201. The molecule has 0 bridgehead atoms. The molecule has 94 valence electrons. The lowest BCUT2D eigenvalue weighted by Crippen LogP contribution is -2.17. The van der Waals surface area contributed by atoms with Crippen LogP contribution in [-0.2, 0) is 5.41 Å². The lowest BCUT2D eigenvalue weighted by atomic mass is 9.81. The molecule has 0 fully saturated rings. The summed E-state index contributed by atoms with van der Waals surface area (Å²) in [6.45, 7) is 8.89. The van der Waals surface area contributed by atoms with E-state index in [0.29, 0.717) is 0 Å². The molecular formula is C17H21N. The molecule has 0 spiro atoms. The van der Waals surface area contributed by atoms with E-state index in [2.05, 4.69) is 64.1 Å². The Morgan fingerprint density at radius 3 is 2.22 bits per heavy atom. The molecule has 0 aliphatic heterocycles. The summed E-state index contributed by atoms with van der Waals surface area (Å²) in [4.78, 5) is 4.76. The van der Waals surface area contributed by atoms with Crippen LogP contribution in [0.15, 0.2) is 42.5 Å². The zero-order valence-electron chi connectivity index (χ0n) is 11.7. The van der Waals surface area contributed by atoms with Gasteiger partial charge in [-0.1, -0.05) is 57.2 Å². The second-order valence-corrected chi connectivity index (χ2v) is 5.43. The number of aromatic nitrogens is 1. The Labute approximate surface area is 110 Å². The monoisotopic (exact) mass is 239 g/mol. The van der Waals surface area contributed by atoms with Crippen molar-refractivity contribution in [2.24, 2.45) is 0 Å². The molecule has 0 aliphatic rings. The summed E-state index contributed by atoms with van der Waals surface area (Å²) < 4.78 is 0. The van der Waals surface area contributed by atoms with Crippen molar-refractivity contribution in [3.63, 3.8) is 0 Å². The lowest BCUT2D eigenvalue weighted by molar-refractivity contribution is 0.501. The van der Waals surface area contributed by atoms with Crippen LogP contribution in [0.4, 0.5) is 0 Å². The fourth-order valence-electron chi connectivity index (χ4n) is 2.24. The van der Waals surface area contributed by atoms with Gasteiger partial charge in [-0.15, -0.1) is 0 Å². The van der Waals surface area contributed by atoms with E-state index in [4.69, 9.17) is 4.98 Å². The van der Waals surface area contributed by atoms with Gasteiger partial charge in [-0.2, -0.15) is 0 Å². The van der Waals surface area contributed by atoms with Crippen LogP contribution >= 0.6 is 0 Å². The van der Waals surface area contributed by atoms with E-state index >= 15 is 0 Å². The summed E-state index contributed by atoms with van der Waals surface area (Å²) in [6.07, 6.45) is 1.13. The van der Waals surface area contributed by atoms with Crippen molar-refractivity contribution in [1.29, 1.82) is 0 Å². The summed E-state index contributed by atoms with van der Waals surface area (Å²) in [5.41, 5.74) is 4.94. The molecule has 0 N–H and O–H groups in total. The molecule has 1 heterocycles. The van der Waals surface area contributed by atoms with E-state index in [0.717, 1.165) is 17.8 Å². The Morgan fingerprint density at radius 1 is 1.00 bits per heavy atom. The maximum Gasteiger partial charge on any atom is 0.0705 e. The molecule has 0 saturated heterocycles. The van der Waals surface area contributed by atoms with Crippen LogP contribution in [0.5, 0.6) is 0 Å². The highest BCUT2D eigenvalue weighted by molar-refractivity contribution is 5.59. The van der Waals surface area contributed by atoms with Crippen molar-refractivity contribution in [2.75, 3.05) is 0 Å². The van der Waals surface area contributed by atoms with Gasteiger partial charge in [0.15, 0.2) is 0 Å². The van der Waals surface area contributed by atoms with Gasteiger partial charge in [0, 0.05) is 11.3 Å². The predicted octanol–water partition coefficient (Wildman–Crippen LogP) is 4.74. The van der Waals surface area contributed by atoms with Crippen molar-refractivity contribution in [2.45, 2.75) is 39.5 Å². The molecule has 1 nitrogen and oxygen atoms in total. The normalized spacial score (nSPS) is 11.6. The van der Waals surface area contributed by atoms with Crippen molar-refractivity contribution >= 4 is 0 Å². The number of nitrogens with zero attached hydrogens (tertiary/aromatic N) is 1. The molecule has 1 aromatic heterocycles. The van der Waals surface area contributed by atoms with Gasteiger partial charge in [-0.25, -0.2) is 0 Å². The topological polar surface area (TPSA) is 12.9 Å². The van der Waals surface area contributed by atoms with Crippen LogP contribution < -0.4 is 0 Å². The first-order chi connectivity index (χ1) is 8.54. The molecule has 0 radical (unpaired) electrons. The molecule has 0 atom stereocenters. The molecule has 18 heavy (non-hydrogen) atoms. The van der Waals surface area contributed by atoms with Gasteiger partial charge in [-0.05, 0) is 30.4 Å². The van der Waals surface area contributed by atoms with Gasteiger partial charge in [0.05, 0.1) is 5.69 Å². The average Bonchev–Trinajstić information content (AvgIpc) is 2.39. The second-order valence-electron chi connectivity index (χ2n) is 5.43. The molecule has 1 heteroatoms. The molecule has 1 aromatic carbocycles. The average molecular weight is 239 g/mol. The third-order valence-corrected chi connectivity index (χ3v) is 3.77. The zero-order valence-corrected chi connectivity index (χ0v) is 11.7. The third kappa shape index (κ3) is 2.45. The molecule has 0 aliphatic carbocycles. The van der Waals surface area contributed by atoms with Gasteiger partial charge in [0.1, 0.15) is 0 Å². The van der Waals surface area contributed by atoms with E-state index in [1.54, 1.807) is 0 Å². The highest BCUT2D eigenvalue weighted by Crippen LogP contribution is 2.30. The van der Waals surface area contributed by atoms with E-state index < -0.39 is 0 Å². The first-order valence-corrected chi connectivity index (χ1v) is 6.58. The Kier molecular flexibility index (Phi) is 3.51. The van der Waals surface area contributed by atoms with Crippen LogP contribution in [0.25, 0.3) is 11.3 Å². The van der Waals surface area contributed by atoms with Crippen molar-refractivity contribution in [3.05, 3.63) is 53.7 Å². The Morgan fingerprint density at radius 2 is 1.67 bits per heavy atom. The highest BCUT2D eigenvalue weighted by atomic mass is 14.7. The number of hydrogen-bond acceptors (Lipinski definition) is 1. The number of aryl methyl sites for hydroxylation is 1. The second kappa shape index (κ2) is 4.93. The quantitative estimate of drug-likeness (QED) is 0.753. The summed E-state index contributed by atoms with van der Waals surface area (Å²) in [5.74, 6) is 0. The molecule has 0 saturated carbocycles. The predicted molar refractivity (Wildman–Crippen MR) is 77.7 cm³/mol. The zero-order chi connectivity index (χ0) is 13.2. The van der Waals surface area contributed by atoms with Crippen LogP contribution in [0.2, 0.25) is 0 Å². The smallest absolute Gasteiger partial charge is 0.0705 e. The standard InChI is InChI=1S/C17H21N/c1-5-17(3,4)15-11-12-16(18-13(15)2)14-9-7-6-8-10-14/h6-12H,5H2,1-4H3. The maximum atomic E-state index is 4.76. The number of pyridine rings is 1. The fraction of sp³-hybridized carbons (Fsp3) is 0.353. The van der Waals surface area contributed by atoms with Gasteiger partial charge < -0.3 is 0 Å². The summed E-state index contributed by atoms with van der Waals surface area (Å²) >= 11 is 0. The summed E-state index contributed by atoms with van der Waals surface area (Å²) in [6, 6.07) is 14.7.